The summed E-state index contributed by atoms with van der Waals surface area (Å²) in [6.45, 7) is 1.08. The Morgan fingerprint density at radius 2 is 1.79 bits per heavy atom. The molecular weight excluding hydrogens is 268 g/mol. The van der Waals surface area contributed by atoms with Crippen molar-refractivity contribution < 1.29 is 13.2 Å². The van der Waals surface area contributed by atoms with Crippen LogP contribution in [0.4, 0.5) is 5.69 Å². The van der Waals surface area contributed by atoms with Crippen molar-refractivity contribution in [3.05, 3.63) is 29.8 Å². The van der Waals surface area contributed by atoms with Crippen molar-refractivity contribution in [1.82, 2.24) is 9.21 Å². The molecule has 8 heteroatoms. The van der Waals surface area contributed by atoms with Crippen molar-refractivity contribution in [2.24, 2.45) is 5.14 Å². The molecule has 0 aliphatic carbocycles. The van der Waals surface area contributed by atoms with E-state index in [0.29, 0.717) is 24.3 Å². The van der Waals surface area contributed by atoms with Gasteiger partial charge in [-0.3, -0.25) is 4.79 Å². The molecule has 2 rings (SSSR count). The molecule has 0 spiro atoms. The molecule has 0 radical (unpaired) electrons. The third-order valence-electron chi connectivity index (χ3n) is 3.02. The summed E-state index contributed by atoms with van der Waals surface area (Å²) < 4.78 is 23.5. The van der Waals surface area contributed by atoms with E-state index >= 15 is 0 Å². The van der Waals surface area contributed by atoms with E-state index in [1.54, 1.807) is 29.2 Å². The van der Waals surface area contributed by atoms with Gasteiger partial charge in [-0.15, -0.1) is 0 Å². The number of amides is 1. The first kappa shape index (κ1) is 13.8. The van der Waals surface area contributed by atoms with Gasteiger partial charge in [-0.05, 0) is 18.2 Å². The summed E-state index contributed by atoms with van der Waals surface area (Å²) >= 11 is 0. The fourth-order valence-corrected chi connectivity index (χ4v) is 2.67. The van der Waals surface area contributed by atoms with Gasteiger partial charge in [0.25, 0.3) is 16.1 Å². The van der Waals surface area contributed by atoms with Crippen molar-refractivity contribution in [3.63, 3.8) is 0 Å². The van der Waals surface area contributed by atoms with Crippen LogP contribution >= 0.6 is 0 Å². The SMILES string of the molecule is Nc1cccc(C(=O)N2CCN(S(N)(=O)=O)CC2)c1. The van der Waals surface area contributed by atoms with E-state index in [1.807, 2.05) is 0 Å². The first-order chi connectivity index (χ1) is 8.88. The van der Waals surface area contributed by atoms with Gasteiger partial charge in [-0.2, -0.15) is 12.7 Å². The van der Waals surface area contributed by atoms with Crippen LogP contribution in [0.25, 0.3) is 0 Å². The molecule has 1 saturated heterocycles. The molecule has 104 valence electrons. The van der Waals surface area contributed by atoms with Gasteiger partial charge in [0.1, 0.15) is 0 Å². The Hall–Kier alpha value is -1.64. The maximum atomic E-state index is 12.2. The average Bonchev–Trinajstić information content (AvgIpc) is 2.37. The number of hydrogen-bond acceptors (Lipinski definition) is 4. The topological polar surface area (TPSA) is 110 Å². The largest absolute Gasteiger partial charge is 0.399 e. The molecule has 1 heterocycles. The van der Waals surface area contributed by atoms with Crippen LogP contribution < -0.4 is 10.9 Å². The molecule has 1 aromatic carbocycles. The lowest BCUT2D eigenvalue weighted by Crippen LogP contribution is -2.52. The number of piperazine rings is 1. The number of rotatable bonds is 2. The minimum Gasteiger partial charge on any atom is -0.399 e. The van der Waals surface area contributed by atoms with Gasteiger partial charge in [-0.25, -0.2) is 5.14 Å². The molecule has 19 heavy (non-hydrogen) atoms. The van der Waals surface area contributed by atoms with E-state index in [1.165, 1.54) is 0 Å². The zero-order valence-electron chi connectivity index (χ0n) is 10.3. The van der Waals surface area contributed by atoms with Gasteiger partial charge < -0.3 is 10.6 Å². The van der Waals surface area contributed by atoms with Crippen molar-refractivity contribution in [3.8, 4) is 0 Å². The minimum atomic E-state index is -3.67. The summed E-state index contributed by atoms with van der Waals surface area (Å²) in [6, 6.07) is 6.71. The summed E-state index contributed by atoms with van der Waals surface area (Å²) in [6.07, 6.45) is 0. The number of nitrogen functional groups attached to an aromatic ring is 1. The number of hydrogen-bond donors (Lipinski definition) is 2. The van der Waals surface area contributed by atoms with E-state index in [9.17, 15) is 13.2 Å². The van der Waals surface area contributed by atoms with Crippen molar-refractivity contribution in [2.45, 2.75) is 0 Å². The second kappa shape index (κ2) is 5.16. The molecular formula is C11H16N4O3S. The van der Waals surface area contributed by atoms with Crippen LogP contribution in [0.3, 0.4) is 0 Å². The Balaban J connectivity index is 2.04. The number of carbonyl (C=O) groups is 1. The van der Waals surface area contributed by atoms with Crippen LogP contribution in [0.1, 0.15) is 10.4 Å². The zero-order chi connectivity index (χ0) is 14.0. The summed E-state index contributed by atoms with van der Waals surface area (Å²) in [5, 5.41) is 5.04. The number of nitrogens with zero attached hydrogens (tertiary/aromatic N) is 2. The predicted molar refractivity (Wildman–Crippen MR) is 71.4 cm³/mol. The Morgan fingerprint density at radius 1 is 1.16 bits per heavy atom. The highest BCUT2D eigenvalue weighted by atomic mass is 32.2. The lowest BCUT2D eigenvalue weighted by atomic mass is 10.1. The van der Waals surface area contributed by atoms with E-state index in [2.05, 4.69) is 0 Å². The van der Waals surface area contributed by atoms with E-state index < -0.39 is 10.2 Å². The minimum absolute atomic E-state index is 0.152. The van der Waals surface area contributed by atoms with Crippen LogP contribution in [-0.2, 0) is 10.2 Å². The molecule has 0 atom stereocenters. The summed E-state index contributed by atoms with van der Waals surface area (Å²) in [5.41, 5.74) is 6.66. The Morgan fingerprint density at radius 3 is 2.32 bits per heavy atom. The summed E-state index contributed by atoms with van der Waals surface area (Å²) in [5.74, 6) is -0.152. The van der Waals surface area contributed by atoms with Crippen LogP contribution in [0.5, 0.6) is 0 Å². The van der Waals surface area contributed by atoms with Gasteiger partial charge in [0.15, 0.2) is 0 Å². The zero-order valence-corrected chi connectivity index (χ0v) is 11.1. The van der Waals surface area contributed by atoms with Crippen molar-refractivity contribution in [1.29, 1.82) is 0 Å². The molecule has 7 nitrogen and oxygen atoms in total. The first-order valence-electron chi connectivity index (χ1n) is 5.80. The van der Waals surface area contributed by atoms with Crippen LogP contribution in [0.2, 0.25) is 0 Å². The van der Waals surface area contributed by atoms with Gasteiger partial charge in [-0.1, -0.05) is 6.07 Å². The van der Waals surface area contributed by atoms with Crippen LogP contribution in [0.15, 0.2) is 24.3 Å². The van der Waals surface area contributed by atoms with E-state index in [-0.39, 0.29) is 19.0 Å². The van der Waals surface area contributed by atoms with Gasteiger partial charge in [0.05, 0.1) is 0 Å². The van der Waals surface area contributed by atoms with Gasteiger partial charge in [0.2, 0.25) is 0 Å². The standard InChI is InChI=1S/C11H16N4O3S/c12-10-3-1-2-9(8-10)11(16)14-4-6-15(7-5-14)19(13,17)18/h1-3,8H,4-7,12H2,(H2,13,17,18). The van der Waals surface area contributed by atoms with E-state index in [4.69, 9.17) is 10.9 Å². The fraction of sp³-hybridized carbons (Fsp3) is 0.364. The van der Waals surface area contributed by atoms with Crippen molar-refractivity contribution >= 4 is 21.8 Å². The monoisotopic (exact) mass is 284 g/mol. The highest BCUT2D eigenvalue weighted by molar-refractivity contribution is 7.86. The molecule has 1 aliphatic rings. The third-order valence-corrected chi connectivity index (χ3v) is 4.10. The molecule has 0 aromatic heterocycles. The van der Waals surface area contributed by atoms with Crippen LogP contribution in [-0.4, -0.2) is 49.7 Å². The fourth-order valence-electron chi connectivity index (χ4n) is 2.00. The maximum Gasteiger partial charge on any atom is 0.277 e. The lowest BCUT2D eigenvalue weighted by molar-refractivity contribution is 0.0698. The quantitative estimate of drug-likeness (QED) is 0.695. The molecule has 1 aromatic rings. The highest BCUT2D eigenvalue weighted by Gasteiger charge is 2.26. The Bertz CT molecular complexity index is 579. The molecule has 1 fully saturated rings. The molecule has 1 aliphatic heterocycles. The molecule has 0 saturated carbocycles. The second-order valence-corrected chi connectivity index (χ2v) is 5.91. The number of carbonyl (C=O) groups excluding carboxylic acids is 1. The second-order valence-electron chi connectivity index (χ2n) is 4.36. The third kappa shape index (κ3) is 3.22. The average molecular weight is 284 g/mol. The van der Waals surface area contributed by atoms with Crippen LogP contribution in [0, 0.1) is 0 Å². The van der Waals surface area contributed by atoms with Gasteiger partial charge >= 0.3 is 0 Å². The molecule has 1 amide bonds. The molecule has 0 unspecified atom stereocenters. The Labute approximate surface area is 112 Å². The molecule has 4 N–H and O–H groups in total. The normalized spacial score (nSPS) is 17.4. The number of anilines is 1. The summed E-state index contributed by atoms with van der Waals surface area (Å²) in [4.78, 5) is 13.8. The predicted octanol–water partition coefficient (Wildman–Crippen LogP) is -0.770. The van der Waals surface area contributed by atoms with Gasteiger partial charge in [0, 0.05) is 37.4 Å². The maximum absolute atomic E-state index is 12.2. The number of nitrogens with two attached hydrogens (primary N) is 2. The Kier molecular flexibility index (Phi) is 3.74. The van der Waals surface area contributed by atoms with E-state index in [0.717, 1.165) is 4.31 Å². The highest BCUT2D eigenvalue weighted by Crippen LogP contribution is 2.12. The first-order valence-corrected chi connectivity index (χ1v) is 7.31. The lowest BCUT2D eigenvalue weighted by Gasteiger charge is -2.33. The molecule has 0 bridgehead atoms. The van der Waals surface area contributed by atoms with Crippen molar-refractivity contribution in [2.75, 3.05) is 31.9 Å². The number of benzene rings is 1. The smallest absolute Gasteiger partial charge is 0.277 e. The summed E-state index contributed by atoms with van der Waals surface area (Å²) in [7, 11) is -3.67.